The minimum atomic E-state index is -1.96. The van der Waals surface area contributed by atoms with E-state index in [1.54, 1.807) is 55.5 Å². The molecule has 6 nitrogen and oxygen atoms in total. The third-order valence-electron chi connectivity index (χ3n) is 5.75. The van der Waals surface area contributed by atoms with Crippen molar-refractivity contribution in [2.45, 2.75) is 24.7 Å². The summed E-state index contributed by atoms with van der Waals surface area (Å²) in [6.45, 7) is 1.66. The molecule has 0 spiro atoms. The van der Waals surface area contributed by atoms with Crippen molar-refractivity contribution >= 4 is 5.90 Å². The molecule has 0 unspecified atom stereocenters. The Morgan fingerprint density at radius 2 is 1.39 bits per heavy atom. The first-order valence-electron chi connectivity index (χ1n) is 8.78. The van der Waals surface area contributed by atoms with E-state index in [1.165, 1.54) is 0 Å². The normalized spacial score (nSPS) is 32.4. The highest BCUT2D eigenvalue weighted by Crippen LogP contribution is 2.69. The number of rotatable bonds is 2. The van der Waals surface area contributed by atoms with Crippen LogP contribution in [0.5, 0.6) is 0 Å². The summed E-state index contributed by atoms with van der Waals surface area (Å²) in [5.74, 6) is -2.59. The number of hydrogen-bond donors (Lipinski definition) is 1. The number of benzene rings is 2. The van der Waals surface area contributed by atoms with E-state index in [9.17, 15) is 15.8 Å². The van der Waals surface area contributed by atoms with Crippen molar-refractivity contribution in [3.63, 3.8) is 0 Å². The van der Waals surface area contributed by atoms with Gasteiger partial charge in [-0.3, -0.25) is 5.41 Å². The van der Waals surface area contributed by atoms with E-state index < -0.39 is 34.5 Å². The van der Waals surface area contributed by atoms with Gasteiger partial charge in [0.1, 0.15) is 6.10 Å². The van der Waals surface area contributed by atoms with Crippen molar-refractivity contribution in [3.05, 3.63) is 71.8 Å². The van der Waals surface area contributed by atoms with E-state index in [1.807, 2.05) is 12.1 Å². The molecule has 2 fully saturated rings. The second-order valence-corrected chi connectivity index (χ2v) is 7.15. The van der Waals surface area contributed by atoms with E-state index in [-0.39, 0.29) is 0 Å². The van der Waals surface area contributed by atoms with Crippen LogP contribution in [0.2, 0.25) is 0 Å². The third-order valence-corrected chi connectivity index (χ3v) is 5.75. The summed E-state index contributed by atoms with van der Waals surface area (Å²) in [4.78, 5) is 0. The lowest BCUT2D eigenvalue weighted by Gasteiger charge is -2.48. The van der Waals surface area contributed by atoms with Gasteiger partial charge in [-0.15, -0.1) is 0 Å². The summed E-state index contributed by atoms with van der Waals surface area (Å²) in [5, 5.41) is 39.2. The van der Waals surface area contributed by atoms with Crippen molar-refractivity contribution in [2.75, 3.05) is 0 Å². The summed E-state index contributed by atoms with van der Waals surface area (Å²) in [5.41, 5.74) is -2.52. The Hall–Kier alpha value is -3.66. The van der Waals surface area contributed by atoms with E-state index in [4.69, 9.17) is 14.9 Å². The maximum atomic E-state index is 10.3. The first kappa shape index (κ1) is 17.7. The predicted octanol–water partition coefficient (Wildman–Crippen LogP) is 3.81. The van der Waals surface area contributed by atoms with Gasteiger partial charge in [-0.25, -0.2) is 0 Å². The minimum Gasteiger partial charge on any atom is -0.447 e. The fourth-order valence-corrected chi connectivity index (χ4v) is 4.56. The first-order chi connectivity index (χ1) is 13.5. The highest BCUT2D eigenvalue weighted by Gasteiger charge is 2.79. The van der Waals surface area contributed by atoms with Gasteiger partial charge in [-0.05, 0) is 11.1 Å². The molecule has 2 heterocycles. The van der Waals surface area contributed by atoms with E-state index >= 15 is 0 Å². The standard InChI is InChI=1S/C22H16N4O2/c1-20-17(15-8-4-2-5-9-15)22(14-25,19(26)28-20)21(12-23,13-24)18(27-20)16-10-6-3-7-11-16/h2-11,17-18,26H,1H3/t17-,18-,20+,22-/m1/s1. The summed E-state index contributed by atoms with van der Waals surface area (Å²) in [7, 11) is 0. The zero-order chi connectivity index (χ0) is 20.0. The first-order valence-corrected chi connectivity index (χ1v) is 8.78. The average Bonchev–Trinajstić information content (AvgIpc) is 2.92. The second-order valence-electron chi connectivity index (χ2n) is 7.15. The van der Waals surface area contributed by atoms with E-state index in [0.29, 0.717) is 11.1 Å². The molecule has 28 heavy (non-hydrogen) atoms. The molecule has 2 bridgehead atoms. The van der Waals surface area contributed by atoms with Gasteiger partial charge < -0.3 is 9.47 Å². The van der Waals surface area contributed by atoms with Gasteiger partial charge in [0.2, 0.25) is 17.1 Å². The number of nitrogens with one attached hydrogen (secondary N) is 1. The molecule has 0 aliphatic carbocycles. The van der Waals surface area contributed by atoms with Gasteiger partial charge >= 0.3 is 0 Å². The Bertz CT molecular complexity index is 1050. The average molecular weight is 368 g/mol. The van der Waals surface area contributed by atoms with Gasteiger partial charge in [-0.2, -0.15) is 15.8 Å². The summed E-state index contributed by atoms with van der Waals surface area (Å²) in [6.07, 6.45) is -1.05. The van der Waals surface area contributed by atoms with Crippen LogP contribution in [0, 0.1) is 50.2 Å². The van der Waals surface area contributed by atoms with Gasteiger partial charge in [0.15, 0.2) is 5.41 Å². The number of nitrogens with zero attached hydrogens (tertiary/aromatic N) is 3. The van der Waals surface area contributed by atoms with Crippen LogP contribution in [0.4, 0.5) is 0 Å². The third kappa shape index (κ3) is 1.94. The molecule has 4 atom stereocenters. The largest absolute Gasteiger partial charge is 0.447 e. The molecule has 0 radical (unpaired) electrons. The molecule has 1 N–H and O–H groups in total. The predicted molar refractivity (Wildman–Crippen MR) is 98.4 cm³/mol. The van der Waals surface area contributed by atoms with Crippen LogP contribution in [-0.2, 0) is 9.47 Å². The summed E-state index contributed by atoms with van der Waals surface area (Å²) in [6, 6.07) is 24.1. The van der Waals surface area contributed by atoms with E-state index in [2.05, 4.69) is 18.2 Å². The molecule has 2 aromatic carbocycles. The van der Waals surface area contributed by atoms with Gasteiger partial charge in [0.05, 0.1) is 24.1 Å². The summed E-state index contributed by atoms with van der Waals surface area (Å²) < 4.78 is 12.0. The van der Waals surface area contributed by atoms with Crippen molar-refractivity contribution in [3.8, 4) is 18.2 Å². The van der Waals surface area contributed by atoms with Crippen molar-refractivity contribution in [1.82, 2.24) is 0 Å². The number of fused-ring (bicyclic) bond motifs is 2. The molecular formula is C22H16N4O2. The monoisotopic (exact) mass is 368 g/mol. The molecule has 0 amide bonds. The van der Waals surface area contributed by atoms with Crippen LogP contribution in [-0.4, -0.2) is 11.7 Å². The lowest BCUT2D eigenvalue weighted by Crippen LogP contribution is -2.57. The van der Waals surface area contributed by atoms with Crippen LogP contribution >= 0.6 is 0 Å². The van der Waals surface area contributed by atoms with Crippen LogP contribution in [0.1, 0.15) is 30.1 Å². The van der Waals surface area contributed by atoms with Crippen molar-refractivity contribution < 1.29 is 9.47 Å². The molecule has 2 aromatic rings. The fourth-order valence-electron chi connectivity index (χ4n) is 4.56. The van der Waals surface area contributed by atoms with Gasteiger partial charge in [0.25, 0.3) is 0 Å². The maximum absolute atomic E-state index is 10.3. The molecule has 6 heteroatoms. The Balaban J connectivity index is 2.05. The summed E-state index contributed by atoms with van der Waals surface area (Å²) >= 11 is 0. The topological polar surface area (TPSA) is 114 Å². The van der Waals surface area contributed by atoms with Crippen LogP contribution in [0.15, 0.2) is 60.7 Å². The number of nitriles is 3. The lowest BCUT2D eigenvalue weighted by molar-refractivity contribution is -0.253. The molecule has 136 valence electrons. The number of ether oxygens (including phenoxy) is 2. The van der Waals surface area contributed by atoms with Crippen LogP contribution in [0.25, 0.3) is 0 Å². The zero-order valence-corrected chi connectivity index (χ0v) is 15.1. The molecule has 2 aliphatic heterocycles. The number of hydrogen-bond acceptors (Lipinski definition) is 6. The Kier molecular flexibility index (Phi) is 3.75. The fraction of sp³-hybridized carbons (Fsp3) is 0.273. The molecule has 0 saturated carbocycles. The highest BCUT2D eigenvalue weighted by atomic mass is 16.7. The minimum absolute atomic E-state index is 0.409. The highest BCUT2D eigenvalue weighted by molar-refractivity contribution is 5.90. The zero-order valence-electron chi connectivity index (χ0n) is 15.1. The van der Waals surface area contributed by atoms with Crippen LogP contribution < -0.4 is 0 Å². The Morgan fingerprint density at radius 1 is 0.857 bits per heavy atom. The second kappa shape index (κ2) is 5.92. The Morgan fingerprint density at radius 3 is 1.89 bits per heavy atom. The van der Waals surface area contributed by atoms with Crippen LogP contribution in [0.3, 0.4) is 0 Å². The SMILES string of the molecule is C[C@]12OC(=N)[C@@](C#N)([C@@H]1c1ccccc1)C(C#N)(C#N)[C@@H](c1ccccc1)O2. The quantitative estimate of drug-likeness (QED) is 0.866. The maximum Gasteiger partial charge on any atom is 0.218 e. The van der Waals surface area contributed by atoms with Crippen molar-refractivity contribution in [1.29, 1.82) is 21.2 Å². The van der Waals surface area contributed by atoms with Crippen molar-refractivity contribution in [2.24, 2.45) is 10.8 Å². The smallest absolute Gasteiger partial charge is 0.218 e. The lowest BCUT2D eigenvalue weighted by atomic mass is 9.52. The molecule has 0 aromatic heterocycles. The van der Waals surface area contributed by atoms with Gasteiger partial charge in [-0.1, -0.05) is 60.7 Å². The molecule has 2 saturated heterocycles. The molecule has 4 rings (SSSR count). The Labute approximate surface area is 162 Å². The molecular weight excluding hydrogens is 352 g/mol. The van der Waals surface area contributed by atoms with E-state index in [0.717, 1.165) is 0 Å². The van der Waals surface area contributed by atoms with Gasteiger partial charge in [0, 0.05) is 6.92 Å². The molecule has 2 aliphatic rings.